The molecule has 10 heteroatoms. The molecule has 1 aliphatic heterocycles. The molecule has 1 aliphatic rings. The van der Waals surface area contributed by atoms with Crippen molar-refractivity contribution in [2.75, 3.05) is 23.9 Å². The third kappa shape index (κ3) is 4.30. The average molecular weight is 494 g/mol. The maximum atomic E-state index is 13.6. The van der Waals surface area contributed by atoms with Crippen LogP contribution in [0.5, 0.6) is 0 Å². The summed E-state index contributed by atoms with van der Waals surface area (Å²) in [4.78, 5) is 27.0. The van der Waals surface area contributed by atoms with E-state index in [2.05, 4.69) is 40.3 Å². The lowest BCUT2D eigenvalue weighted by Gasteiger charge is -2.24. The van der Waals surface area contributed by atoms with Gasteiger partial charge in [0.15, 0.2) is 5.82 Å². The molecular weight excluding hydrogens is 466 g/mol. The smallest absolute Gasteiger partial charge is 0.260 e. The lowest BCUT2D eigenvalue weighted by molar-refractivity contribution is 0.0996. The lowest BCUT2D eigenvalue weighted by atomic mass is 10.1. The summed E-state index contributed by atoms with van der Waals surface area (Å²) in [5.41, 5.74) is 4.09. The fourth-order valence-electron chi connectivity index (χ4n) is 4.36. The van der Waals surface area contributed by atoms with Gasteiger partial charge in [-0.2, -0.15) is 5.26 Å². The van der Waals surface area contributed by atoms with E-state index in [1.807, 2.05) is 56.6 Å². The molecule has 0 spiro atoms. The minimum atomic E-state index is -0.117. The van der Waals surface area contributed by atoms with Crippen LogP contribution in [0.25, 0.3) is 17.2 Å². The highest BCUT2D eigenvalue weighted by atomic mass is 16.2. The summed E-state index contributed by atoms with van der Waals surface area (Å²) in [7, 11) is 3.85. The summed E-state index contributed by atoms with van der Waals surface area (Å²) in [6, 6.07) is 17.0. The van der Waals surface area contributed by atoms with Gasteiger partial charge in [-0.05, 0) is 51.2 Å². The monoisotopic (exact) mass is 493 g/mol. The summed E-state index contributed by atoms with van der Waals surface area (Å²) in [5.74, 6) is 1.64. The van der Waals surface area contributed by atoms with E-state index in [1.54, 1.807) is 21.9 Å². The minimum absolute atomic E-state index is 0.117. The molecule has 5 rings (SSSR count). The van der Waals surface area contributed by atoms with E-state index in [0.29, 0.717) is 47.2 Å². The Kier molecular flexibility index (Phi) is 6.38. The predicted octanol–water partition coefficient (Wildman–Crippen LogP) is 3.32. The number of para-hydroxylation sites is 1. The highest BCUT2D eigenvalue weighted by Gasteiger charge is 2.33. The summed E-state index contributed by atoms with van der Waals surface area (Å²) >= 11 is 0. The zero-order valence-corrected chi connectivity index (χ0v) is 21.2. The van der Waals surface area contributed by atoms with Crippen molar-refractivity contribution in [3.8, 4) is 23.3 Å². The van der Waals surface area contributed by atoms with Crippen molar-refractivity contribution in [1.82, 2.24) is 30.0 Å². The first-order valence-electron chi connectivity index (χ1n) is 12.0. The number of pyridine rings is 2. The minimum Gasteiger partial charge on any atom is -0.357 e. The van der Waals surface area contributed by atoms with Crippen LogP contribution in [-0.2, 0) is 13.1 Å². The van der Waals surface area contributed by atoms with Gasteiger partial charge in [-0.3, -0.25) is 14.3 Å². The van der Waals surface area contributed by atoms with Crippen molar-refractivity contribution < 1.29 is 4.79 Å². The van der Waals surface area contributed by atoms with Gasteiger partial charge in [-0.15, -0.1) is 10.2 Å². The first-order valence-corrected chi connectivity index (χ1v) is 12.0. The number of hydrogen-bond acceptors (Lipinski definition) is 8. The molecule has 4 heterocycles. The van der Waals surface area contributed by atoms with Gasteiger partial charge in [0, 0.05) is 25.2 Å². The molecule has 4 aromatic rings. The third-order valence-corrected chi connectivity index (χ3v) is 6.54. The lowest BCUT2D eigenvalue weighted by Crippen LogP contribution is -2.27. The van der Waals surface area contributed by atoms with Crippen molar-refractivity contribution >= 4 is 17.5 Å². The Hall–Kier alpha value is -4.62. The molecule has 0 saturated heterocycles. The van der Waals surface area contributed by atoms with Crippen LogP contribution in [0, 0.1) is 11.3 Å². The third-order valence-electron chi connectivity index (χ3n) is 6.54. The van der Waals surface area contributed by atoms with Crippen LogP contribution in [0.15, 0.2) is 54.9 Å². The molecule has 0 atom stereocenters. The molecule has 0 bridgehead atoms. The fraction of sp³-hybridized carbons (Fsp3) is 0.259. The van der Waals surface area contributed by atoms with Gasteiger partial charge in [0.2, 0.25) is 0 Å². The quantitative estimate of drug-likeness (QED) is 0.417. The number of carbonyl (C=O) groups excluding carboxylic acids is 1. The number of nitriles is 1. The van der Waals surface area contributed by atoms with Crippen molar-refractivity contribution in [3.63, 3.8) is 0 Å². The average Bonchev–Trinajstić information content (AvgIpc) is 3.53. The summed E-state index contributed by atoms with van der Waals surface area (Å²) < 4.78 is 1.73. The number of nitrogens with zero attached hydrogens (tertiary/aromatic N) is 8. The number of fused-ring (bicyclic) bond motifs is 1. The molecule has 1 aromatic carbocycles. The maximum absolute atomic E-state index is 13.6. The number of rotatable bonds is 7. The Morgan fingerprint density at radius 3 is 2.73 bits per heavy atom. The zero-order valence-electron chi connectivity index (χ0n) is 21.2. The number of anilines is 2. The molecule has 37 heavy (non-hydrogen) atoms. The predicted molar refractivity (Wildman–Crippen MR) is 140 cm³/mol. The normalized spacial score (nSPS) is 12.6. The van der Waals surface area contributed by atoms with Crippen molar-refractivity contribution in [2.45, 2.75) is 33.0 Å². The van der Waals surface area contributed by atoms with E-state index in [9.17, 15) is 10.1 Å². The van der Waals surface area contributed by atoms with Crippen LogP contribution in [-0.4, -0.2) is 50.8 Å². The zero-order chi connectivity index (χ0) is 26.1. The number of hydrogen-bond donors (Lipinski definition) is 1. The molecule has 0 aliphatic carbocycles. The molecule has 0 unspecified atom stereocenters. The van der Waals surface area contributed by atoms with Gasteiger partial charge in [-0.1, -0.05) is 18.2 Å². The first-order chi connectivity index (χ1) is 17.9. The summed E-state index contributed by atoms with van der Waals surface area (Å²) in [6.07, 6.45) is 1.55. The summed E-state index contributed by atoms with van der Waals surface area (Å²) in [6.45, 7) is 5.11. The molecule has 186 valence electrons. The van der Waals surface area contributed by atoms with E-state index >= 15 is 0 Å². The van der Waals surface area contributed by atoms with Gasteiger partial charge in [-0.25, -0.2) is 9.97 Å². The number of amides is 1. The van der Waals surface area contributed by atoms with Gasteiger partial charge in [0.25, 0.3) is 5.91 Å². The highest BCUT2D eigenvalue weighted by Crippen LogP contribution is 2.33. The SMILES string of the molecule is CNCc1nc(N(C)C(C)C)cc2c1CN(c1cccc(-c3nncn3-c3ccccc3C#N)n1)C2=O. The number of nitrogens with one attached hydrogen (secondary N) is 1. The number of carbonyl (C=O) groups is 1. The Labute approximate surface area is 215 Å². The van der Waals surface area contributed by atoms with Crippen LogP contribution >= 0.6 is 0 Å². The number of benzene rings is 1. The van der Waals surface area contributed by atoms with Gasteiger partial charge in [0.05, 0.1) is 29.1 Å². The molecule has 1 N–H and O–H groups in total. The van der Waals surface area contributed by atoms with Crippen molar-refractivity contribution in [1.29, 1.82) is 5.26 Å². The highest BCUT2D eigenvalue weighted by molar-refractivity contribution is 6.10. The standard InChI is InChI=1S/C27H27N9O/c1-17(2)34(4)25-12-19-20(22(32-25)14-29-3)15-35(27(19)37)24-11-7-9-21(31-24)26-33-30-16-36(26)23-10-6-5-8-18(23)13-28/h5-12,16-17,29H,14-15H2,1-4H3. The van der Waals surface area contributed by atoms with Crippen molar-refractivity contribution in [2.24, 2.45) is 0 Å². The van der Waals surface area contributed by atoms with Crippen LogP contribution in [0.2, 0.25) is 0 Å². The van der Waals surface area contributed by atoms with E-state index in [0.717, 1.165) is 17.1 Å². The molecule has 1 amide bonds. The van der Waals surface area contributed by atoms with E-state index in [1.165, 1.54) is 0 Å². The Morgan fingerprint density at radius 2 is 1.97 bits per heavy atom. The first kappa shape index (κ1) is 24.1. The van der Waals surface area contributed by atoms with Crippen LogP contribution in [0.1, 0.15) is 41.0 Å². The molecular formula is C27H27N9O. The second-order valence-corrected chi connectivity index (χ2v) is 9.11. The van der Waals surface area contributed by atoms with E-state index in [-0.39, 0.29) is 11.9 Å². The van der Waals surface area contributed by atoms with Gasteiger partial charge in [0.1, 0.15) is 29.7 Å². The van der Waals surface area contributed by atoms with Crippen LogP contribution in [0.4, 0.5) is 11.6 Å². The molecule has 0 saturated carbocycles. The molecule has 3 aromatic heterocycles. The topological polar surface area (TPSA) is 116 Å². The van der Waals surface area contributed by atoms with Crippen molar-refractivity contribution in [3.05, 3.63) is 77.2 Å². The van der Waals surface area contributed by atoms with E-state index < -0.39 is 0 Å². The van der Waals surface area contributed by atoms with Gasteiger partial charge >= 0.3 is 0 Å². The van der Waals surface area contributed by atoms with E-state index in [4.69, 9.17) is 9.97 Å². The van der Waals surface area contributed by atoms with Crippen LogP contribution in [0.3, 0.4) is 0 Å². The maximum Gasteiger partial charge on any atom is 0.260 e. The molecule has 0 radical (unpaired) electrons. The number of aromatic nitrogens is 5. The van der Waals surface area contributed by atoms with Crippen LogP contribution < -0.4 is 15.1 Å². The summed E-state index contributed by atoms with van der Waals surface area (Å²) in [5, 5.41) is 21.0. The Morgan fingerprint density at radius 1 is 1.16 bits per heavy atom. The van der Waals surface area contributed by atoms with Gasteiger partial charge < -0.3 is 10.2 Å². The fourth-order valence-corrected chi connectivity index (χ4v) is 4.36. The molecule has 10 nitrogen and oxygen atoms in total. The second-order valence-electron chi connectivity index (χ2n) is 9.11. The largest absolute Gasteiger partial charge is 0.357 e. The Bertz CT molecular complexity index is 1520. The Balaban J connectivity index is 1.53. The second kappa shape index (κ2) is 9.79. The molecule has 0 fully saturated rings.